The first kappa shape index (κ1) is 7.73. The number of hydrogen-bond acceptors (Lipinski definition) is 0. The molecule has 4 aliphatic carbocycles. The van der Waals surface area contributed by atoms with E-state index >= 15 is 0 Å². The maximum absolute atomic E-state index is 2.55. The highest BCUT2D eigenvalue weighted by atomic mass is 14.6. The minimum absolute atomic E-state index is 0.993. The van der Waals surface area contributed by atoms with E-state index in [0.717, 1.165) is 35.5 Å². The monoisotopic (exact) mass is 186 g/mol. The van der Waals surface area contributed by atoms with Crippen molar-refractivity contribution in [1.82, 2.24) is 0 Å². The zero-order valence-corrected chi connectivity index (χ0v) is 8.60. The molecule has 0 heterocycles. The predicted octanol–water partition coefficient (Wildman–Crippen LogP) is 3.41. The number of fused-ring (bicyclic) bond motifs is 8. The molecule has 0 amide bonds. The topological polar surface area (TPSA) is 0 Å². The Hall–Kier alpha value is -0.520. The smallest absolute Gasteiger partial charge is 0.0168 e. The molecular formula is C14H18. The molecule has 0 aromatic heterocycles. The molecule has 4 aliphatic rings. The largest absolute Gasteiger partial charge is 0.0882 e. The third kappa shape index (κ3) is 0.769. The lowest BCUT2D eigenvalue weighted by atomic mass is 9.66. The normalized spacial score (nSPS) is 57.7. The molecule has 6 unspecified atom stereocenters. The zero-order chi connectivity index (χ0) is 9.12. The highest BCUT2D eigenvalue weighted by Gasteiger charge is 2.56. The first-order valence-electron chi connectivity index (χ1n) is 6.27. The molecule has 2 fully saturated rings. The Bertz CT molecular complexity index is 312. The Balaban J connectivity index is 1.73. The molecule has 0 radical (unpaired) electrons. The van der Waals surface area contributed by atoms with Gasteiger partial charge in [-0.2, -0.15) is 0 Å². The van der Waals surface area contributed by atoms with Crippen molar-refractivity contribution in [3.05, 3.63) is 24.3 Å². The van der Waals surface area contributed by atoms with Gasteiger partial charge in [0.1, 0.15) is 0 Å². The molecule has 0 saturated heterocycles. The van der Waals surface area contributed by atoms with Crippen LogP contribution in [0, 0.1) is 35.5 Å². The third-order valence-electron chi connectivity index (χ3n) is 5.48. The summed E-state index contributed by atoms with van der Waals surface area (Å²) in [7, 11) is 0. The van der Waals surface area contributed by atoms with Gasteiger partial charge >= 0.3 is 0 Å². The second kappa shape index (κ2) is 2.53. The molecular weight excluding hydrogens is 168 g/mol. The Morgan fingerprint density at radius 1 is 0.643 bits per heavy atom. The lowest BCUT2D eigenvalue weighted by molar-refractivity contribution is 0.128. The molecule has 74 valence electrons. The van der Waals surface area contributed by atoms with Gasteiger partial charge in [0.25, 0.3) is 0 Å². The first-order chi connectivity index (χ1) is 6.95. The fraction of sp³-hybridized carbons (Fsp3) is 0.714. The van der Waals surface area contributed by atoms with Gasteiger partial charge < -0.3 is 0 Å². The van der Waals surface area contributed by atoms with Gasteiger partial charge in [-0.15, -0.1) is 0 Å². The van der Waals surface area contributed by atoms with Crippen LogP contribution in [0.2, 0.25) is 0 Å². The van der Waals surface area contributed by atoms with Gasteiger partial charge in [0.05, 0.1) is 0 Å². The first-order valence-corrected chi connectivity index (χ1v) is 6.27. The van der Waals surface area contributed by atoms with Gasteiger partial charge in [-0.3, -0.25) is 0 Å². The zero-order valence-electron chi connectivity index (χ0n) is 8.60. The van der Waals surface area contributed by atoms with Crippen LogP contribution in [0.25, 0.3) is 0 Å². The second-order valence-corrected chi connectivity index (χ2v) is 5.74. The summed E-state index contributed by atoms with van der Waals surface area (Å²) in [4.78, 5) is 0. The fourth-order valence-electron chi connectivity index (χ4n) is 5.05. The summed E-state index contributed by atoms with van der Waals surface area (Å²) in [5, 5.41) is 0. The summed E-state index contributed by atoms with van der Waals surface area (Å²) in [5.74, 6) is 6.36. The van der Waals surface area contributed by atoms with Gasteiger partial charge in [0.2, 0.25) is 0 Å². The van der Waals surface area contributed by atoms with Gasteiger partial charge in [0, 0.05) is 0 Å². The van der Waals surface area contributed by atoms with Gasteiger partial charge in [-0.05, 0) is 61.2 Å². The van der Waals surface area contributed by atoms with Crippen LogP contribution >= 0.6 is 0 Å². The SMILES string of the molecule is C1=CC2C3CC(C2C1)C1CC=CCC31. The van der Waals surface area contributed by atoms with E-state index in [1.807, 2.05) is 0 Å². The van der Waals surface area contributed by atoms with Gasteiger partial charge in [0.15, 0.2) is 0 Å². The molecule has 0 aliphatic heterocycles. The van der Waals surface area contributed by atoms with Crippen molar-refractivity contribution >= 4 is 0 Å². The van der Waals surface area contributed by atoms with Crippen molar-refractivity contribution < 1.29 is 0 Å². The van der Waals surface area contributed by atoms with E-state index in [-0.39, 0.29) is 0 Å². The van der Waals surface area contributed by atoms with E-state index in [1.165, 1.54) is 19.3 Å². The van der Waals surface area contributed by atoms with Crippen LogP contribution in [0.15, 0.2) is 24.3 Å². The summed E-state index contributed by atoms with van der Waals surface area (Å²) in [5.41, 5.74) is 0. The quantitative estimate of drug-likeness (QED) is 0.509. The Morgan fingerprint density at radius 3 is 2.21 bits per heavy atom. The molecule has 0 N–H and O–H groups in total. The summed E-state index contributed by atoms with van der Waals surface area (Å²) in [6.45, 7) is 0. The van der Waals surface area contributed by atoms with E-state index in [1.54, 1.807) is 6.42 Å². The Morgan fingerprint density at radius 2 is 1.36 bits per heavy atom. The maximum atomic E-state index is 2.55. The maximum Gasteiger partial charge on any atom is -0.0168 e. The highest BCUT2D eigenvalue weighted by Crippen LogP contribution is 2.63. The molecule has 0 spiro atoms. The molecule has 2 bridgehead atoms. The van der Waals surface area contributed by atoms with Crippen molar-refractivity contribution in [1.29, 1.82) is 0 Å². The van der Waals surface area contributed by atoms with Crippen LogP contribution < -0.4 is 0 Å². The van der Waals surface area contributed by atoms with Gasteiger partial charge in [-0.1, -0.05) is 24.3 Å². The molecule has 2 saturated carbocycles. The van der Waals surface area contributed by atoms with E-state index in [2.05, 4.69) is 24.3 Å². The highest BCUT2D eigenvalue weighted by molar-refractivity contribution is 5.18. The average molecular weight is 186 g/mol. The van der Waals surface area contributed by atoms with E-state index in [4.69, 9.17) is 0 Å². The summed E-state index contributed by atoms with van der Waals surface area (Å²) >= 11 is 0. The predicted molar refractivity (Wildman–Crippen MR) is 57.7 cm³/mol. The summed E-state index contributed by atoms with van der Waals surface area (Å²) in [6, 6.07) is 0. The van der Waals surface area contributed by atoms with Crippen LogP contribution in [0.3, 0.4) is 0 Å². The Labute approximate surface area is 86.1 Å². The van der Waals surface area contributed by atoms with Crippen LogP contribution in [0.4, 0.5) is 0 Å². The van der Waals surface area contributed by atoms with Crippen molar-refractivity contribution in [3.8, 4) is 0 Å². The standard InChI is InChI=1S/C14H18/c1-2-5-10-9(4-1)13-8-14(10)12-7-3-6-11(12)13/h1-3,6,9-14H,4-5,7-8H2. The van der Waals surface area contributed by atoms with Crippen molar-refractivity contribution in [2.24, 2.45) is 35.5 Å². The van der Waals surface area contributed by atoms with E-state index in [0.29, 0.717) is 0 Å². The number of hydrogen-bond donors (Lipinski definition) is 0. The molecule has 0 heteroatoms. The van der Waals surface area contributed by atoms with Crippen LogP contribution in [0.5, 0.6) is 0 Å². The summed E-state index contributed by atoms with van der Waals surface area (Å²) in [6.07, 6.45) is 15.6. The average Bonchev–Trinajstić information content (AvgIpc) is 2.88. The third-order valence-corrected chi connectivity index (χ3v) is 5.48. The van der Waals surface area contributed by atoms with Crippen molar-refractivity contribution in [2.45, 2.75) is 25.7 Å². The lowest BCUT2D eigenvalue weighted by Crippen LogP contribution is -2.33. The van der Waals surface area contributed by atoms with Gasteiger partial charge in [-0.25, -0.2) is 0 Å². The molecule has 14 heavy (non-hydrogen) atoms. The minimum atomic E-state index is 0.993. The van der Waals surface area contributed by atoms with Crippen LogP contribution in [-0.4, -0.2) is 0 Å². The number of rotatable bonds is 0. The molecule has 0 nitrogen and oxygen atoms in total. The minimum Gasteiger partial charge on any atom is -0.0882 e. The lowest BCUT2D eigenvalue weighted by Gasteiger charge is -2.39. The fourth-order valence-corrected chi connectivity index (χ4v) is 5.05. The molecule has 6 atom stereocenters. The molecule has 4 rings (SSSR count). The second-order valence-electron chi connectivity index (χ2n) is 5.74. The van der Waals surface area contributed by atoms with E-state index < -0.39 is 0 Å². The summed E-state index contributed by atoms with van der Waals surface area (Å²) < 4.78 is 0. The molecule has 0 aromatic carbocycles. The van der Waals surface area contributed by atoms with E-state index in [9.17, 15) is 0 Å². The van der Waals surface area contributed by atoms with Crippen molar-refractivity contribution in [2.75, 3.05) is 0 Å². The molecule has 0 aromatic rings. The number of allylic oxidation sites excluding steroid dienone is 4. The van der Waals surface area contributed by atoms with Crippen LogP contribution in [-0.2, 0) is 0 Å². The van der Waals surface area contributed by atoms with Crippen LogP contribution in [0.1, 0.15) is 25.7 Å². The van der Waals surface area contributed by atoms with Crippen molar-refractivity contribution in [3.63, 3.8) is 0 Å². The Kier molecular flexibility index (Phi) is 1.40.